The molecule has 1 saturated heterocycles. The minimum atomic E-state index is 0.754. The zero-order valence-corrected chi connectivity index (χ0v) is 15.1. The van der Waals surface area contributed by atoms with E-state index in [-0.39, 0.29) is 0 Å². The number of nitrogens with two attached hydrogens (primary N) is 1. The third-order valence-electron chi connectivity index (χ3n) is 5.91. The summed E-state index contributed by atoms with van der Waals surface area (Å²) < 4.78 is 5.42. The molecular weight excluding hydrogens is 298 g/mol. The highest BCUT2D eigenvalue weighted by Crippen LogP contribution is 2.35. The topological polar surface area (TPSA) is 50.5 Å². The molecule has 1 fully saturated rings. The van der Waals surface area contributed by atoms with E-state index in [4.69, 9.17) is 10.5 Å². The molecule has 2 unspecified atom stereocenters. The molecule has 0 amide bonds. The Labute approximate surface area is 146 Å². The fraction of sp³-hybridized carbons (Fsp3) is 0.700. The number of piperazine rings is 1. The van der Waals surface area contributed by atoms with Gasteiger partial charge in [-0.1, -0.05) is 6.07 Å². The average molecular weight is 332 g/mol. The van der Waals surface area contributed by atoms with Gasteiger partial charge < -0.3 is 20.7 Å². The molecule has 4 nitrogen and oxygen atoms in total. The normalized spacial score (nSPS) is 22.8. The van der Waals surface area contributed by atoms with E-state index < -0.39 is 0 Å². The van der Waals surface area contributed by atoms with Crippen LogP contribution in [0.25, 0.3) is 0 Å². The van der Waals surface area contributed by atoms with Crippen molar-refractivity contribution in [3.8, 4) is 5.75 Å². The third kappa shape index (κ3) is 4.50. The first kappa shape index (κ1) is 17.7. The van der Waals surface area contributed by atoms with E-state index in [9.17, 15) is 0 Å². The molecule has 1 aliphatic carbocycles. The van der Waals surface area contributed by atoms with Crippen molar-refractivity contribution in [1.82, 2.24) is 10.2 Å². The molecule has 0 saturated carbocycles. The Bertz CT molecular complexity index is 514. The van der Waals surface area contributed by atoms with Gasteiger partial charge in [-0.2, -0.15) is 0 Å². The molecule has 0 radical (unpaired) electrons. The molecule has 2 atom stereocenters. The van der Waals surface area contributed by atoms with Crippen molar-refractivity contribution in [2.45, 2.75) is 32.1 Å². The maximum absolute atomic E-state index is 5.94. The fourth-order valence-corrected chi connectivity index (χ4v) is 4.40. The van der Waals surface area contributed by atoms with Crippen LogP contribution in [0.4, 0.5) is 0 Å². The van der Waals surface area contributed by atoms with Crippen molar-refractivity contribution >= 4 is 0 Å². The first-order valence-corrected chi connectivity index (χ1v) is 9.59. The van der Waals surface area contributed by atoms with E-state index in [1.54, 1.807) is 7.11 Å². The second kappa shape index (κ2) is 8.84. The number of ether oxygens (including phenoxy) is 1. The van der Waals surface area contributed by atoms with Crippen LogP contribution in [0.2, 0.25) is 0 Å². The minimum Gasteiger partial charge on any atom is -0.497 e. The Morgan fingerprint density at radius 3 is 2.83 bits per heavy atom. The van der Waals surface area contributed by atoms with Gasteiger partial charge in [0.15, 0.2) is 0 Å². The van der Waals surface area contributed by atoms with E-state index in [2.05, 4.69) is 28.4 Å². The molecule has 4 heteroatoms. The van der Waals surface area contributed by atoms with Gasteiger partial charge in [-0.15, -0.1) is 0 Å². The van der Waals surface area contributed by atoms with Crippen LogP contribution in [-0.4, -0.2) is 51.3 Å². The fourth-order valence-electron chi connectivity index (χ4n) is 4.40. The van der Waals surface area contributed by atoms with Crippen LogP contribution < -0.4 is 15.8 Å². The van der Waals surface area contributed by atoms with Gasteiger partial charge in [0.2, 0.25) is 0 Å². The summed E-state index contributed by atoms with van der Waals surface area (Å²) >= 11 is 0. The maximum atomic E-state index is 5.94. The second-order valence-electron chi connectivity index (χ2n) is 7.36. The van der Waals surface area contributed by atoms with Gasteiger partial charge in [-0.05, 0) is 80.3 Å². The number of nitrogens with zero attached hydrogens (tertiary/aromatic N) is 1. The Kier molecular flexibility index (Phi) is 6.52. The molecule has 1 aromatic rings. The van der Waals surface area contributed by atoms with Crippen molar-refractivity contribution < 1.29 is 4.74 Å². The number of benzene rings is 1. The van der Waals surface area contributed by atoms with E-state index in [0.717, 1.165) is 43.6 Å². The molecule has 0 spiro atoms. The monoisotopic (exact) mass is 331 g/mol. The Balaban J connectivity index is 1.60. The van der Waals surface area contributed by atoms with Crippen LogP contribution in [0.15, 0.2) is 18.2 Å². The molecule has 1 heterocycles. The lowest BCUT2D eigenvalue weighted by atomic mass is 9.74. The van der Waals surface area contributed by atoms with Crippen LogP contribution in [0.5, 0.6) is 5.75 Å². The summed E-state index contributed by atoms with van der Waals surface area (Å²) in [4.78, 5) is 2.61. The minimum absolute atomic E-state index is 0.754. The van der Waals surface area contributed by atoms with Crippen LogP contribution in [0.1, 0.15) is 30.4 Å². The summed E-state index contributed by atoms with van der Waals surface area (Å²) in [5, 5.41) is 3.44. The van der Waals surface area contributed by atoms with Crippen molar-refractivity contribution in [1.29, 1.82) is 0 Å². The maximum Gasteiger partial charge on any atom is 0.119 e. The van der Waals surface area contributed by atoms with Gasteiger partial charge in [0, 0.05) is 26.2 Å². The molecule has 1 aromatic carbocycles. The first-order valence-electron chi connectivity index (χ1n) is 9.59. The average Bonchev–Trinajstić information content (AvgIpc) is 2.65. The Morgan fingerprint density at radius 1 is 1.25 bits per heavy atom. The Hall–Kier alpha value is -1.10. The van der Waals surface area contributed by atoms with Gasteiger partial charge >= 0.3 is 0 Å². The lowest BCUT2D eigenvalue weighted by molar-refractivity contribution is 0.192. The number of methoxy groups -OCH3 is 1. The SMILES string of the molecule is COc1ccc2c(c1)CC(C(CCN)CCN1CCNCC1)CC2. The molecule has 1 aliphatic heterocycles. The van der Waals surface area contributed by atoms with Crippen molar-refractivity contribution in [3.63, 3.8) is 0 Å². The third-order valence-corrected chi connectivity index (χ3v) is 5.91. The van der Waals surface area contributed by atoms with Gasteiger partial charge in [-0.3, -0.25) is 0 Å². The highest BCUT2D eigenvalue weighted by molar-refractivity contribution is 5.37. The number of rotatable bonds is 7. The number of nitrogens with one attached hydrogen (secondary N) is 1. The smallest absolute Gasteiger partial charge is 0.119 e. The van der Waals surface area contributed by atoms with Crippen molar-refractivity contribution in [2.24, 2.45) is 17.6 Å². The summed E-state index contributed by atoms with van der Waals surface area (Å²) in [6, 6.07) is 6.60. The summed E-state index contributed by atoms with van der Waals surface area (Å²) in [5.74, 6) is 2.52. The van der Waals surface area contributed by atoms with Gasteiger partial charge in [-0.25, -0.2) is 0 Å². The number of fused-ring (bicyclic) bond motifs is 1. The van der Waals surface area contributed by atoms with Crippen LogP contribution >= 0.6 is 0 Å². The molecule has 3 N–H and O–H groups in total. The number of hydrogen-bond acceptors (Lipinski definition) is 4. The largest absolute Gasteiger partial charge is 0.497 e. The molecular formula is C20H33N3O. The molecule has 2 aliphatic rings. The standard InChI is InChI=1S/C20H33N3O/c1-24-20-5-4-16-2-3-18(14-19(16)15-20)17(6-8-21)7-11-23-12-9-22-10-13-23/h4-5,15,17-18,22H,2-3,6-14,21H2,1H3. The van der Waals surface area contributed by atoms with Crippen LogP contribution in [-0.2, 0) is 12.8 Å². The summed E-state index contributed by atoms with van der Waals surface area (Å²) in [6.07, 6.45) is 6.17. The molecule has 0 bridgehead atoms. The van der Waals surface area contributed by atoms with E-state index in [1.807, 2.05) is 0 Å². The quantitative estimate of drug-likeness (QED) is 0.803. The highest BCUT2D eigenvalue weighted by Gasteiger charge is 2.26. The lowest BCUT2D eigenvalue weighted by Crippen LogP contribution is -2.44. The zero-order chi connectivity index (χ0) is 16.8. The summed E-state index contributed by atoms with van der Waals surface area (Å²) in [5.41, 5.74) is 8.95. The Morgan fingerprint density at radius 2 is 2.08 bits per heavy atom. The van der Waals surface area contributed by atoms with E-state index >= 15 is 0 Å². The molecule has 24 heavy (non-hydrogen) atoms. The number of aryl methyl sites for hydroxylation is 1. The highest BCUT2D eigenvalue weighted by atomic mass is 16.5. The van der Waals surface area contributed by atoms with Crippen molar-refractivity contribution in [3.05, 3.63) is 29.3 Å². The van der Waals surface area contributed by atoms with E-state index in [0.29, 0.717) is 0 Å². The second-order valence-corrected chi connectivity index (χ2v) is 7.36. The molecule has 3 rings (SSSR count). The summed E-state index contributed by atoms with van der Waals surface area (Å²) in [7, 11) is 1.76. The lowest BCUT2D eigenvalue weighted by Gasteiger charge is -2.34. The first-order chi connectivity index (χ1) is 11.8. The van der Waals surface area contributed by atoms with Crippen LogP contribution in [0, 0.1) is 11.8 Å². The predicted octanol–water partition coefficient (Wildman–Crippen LogP) is 2.06. The molecule has 134 valence electrons. The molecule has 0 aromatic heterocycles. The van der Waals surface area contributed by atoms with Crippen LogP contribution in [0.3, 0.4) is 0 Å². The van der Waals surface area contributed by atoms with Gasteiger partial charge in [0.1, 0.15) is 5.75 Å². The summed E-state index contributed by atoms with van der Waals surface area (Å²) in [6.45, 7) is 6.71. The van der Waals surface area contributed by atoms with Gasteiger partial charge in [0.05, 0.1) is 7.11 Å². The van der Waals surface area contributed by atoms with Crippen molar-refractivity contribution in [2.75, 3.05) is 46.4 Å². The van der Waals surface area contributed by atoms with E-state index in [1.165, 1.54) is 56.4 Å². The number of hydrogen-bond donors (Lipinski definition) is 2. The van der Waals surface area contributed by atoms with Gasteiger partial charge in [0.25, 0.3) is 0 Å². The predicted molar refractivity (Wildman–Crippen MR) is 99.6 cm³/mol. The zero-order valence-electron chi connectivity index (χ0n) is 15.1.